The van der Waals surface area contributed by atoms with Crippen LogP contribution in [0.25, 0.3) is 46.2 Å². The number of benzene rings is 4. The minimum Gasteiger partial charge on any atom is -0.0984 e. The quantitative estimate of drug-likeness (QED) is 0.309. The molecule has 0 bridgehead atoms. The maximum absolute atomic E-state index is 4.10. The molecule has 0 radical (unpaired) electrons. The standard InChI is InChI=1S/C29H24/c1-4-25-21(3)27-13-9-10-14-28(27)29(26(25)5-2)24-19-17-23(18-20-24)16-15-22-11-7-6-8-12-22/h4-20H,1-2H2,3H3/b16-15+. The second-order valence-corrected chi connectivity index (χ2v) is 7.15. The summed E-state index contributed by atoms with van der Waals surface area (Å²) in [6, 6.07) is 27.7. The molecule has 0 heteroatoms. The molecule has 0 fully saturated rings. The monoisotopic (exact) mass is 372 g/mol. The predicted octanol–water partition coefficient (Wildman–Crippen LogP) is 8.27. The van der Waals surface area contributed by atoms with E-state index in [0.29, 0.717) is 0 Å². The van der Waals surface area contributed by atoms with E-state index in [1.807, 2.05) is 18.2 Å². The first-order chi connectivity index (χ1) is 14.2. The number of aryl methyl sites for hydroxylation is 1. The average molecular weight is 373 g/mol. The van der Waals surface area contributed by atoms with E-state index in [4.69, 9.17) is 0 Å². The van der Waals surface area contributed by atoms with Gasteiger partial charge in [0.25, 0.3) is 0 Å². The van der Waals surface area contributed by atoms with Crippen LogP contribution in [0.1, 0.15) is 27.8 Å². The largest absolute Gasteiger partial charge is 0.0984 e. The van der Waals surface area contributed by atoms with E-state index in [2.05, 4.69) is 105 Å². The lowest BCUT2D eigenvalue weighted by Gasteiger charge is -2.18. The molecule has 0 saturated heterocycles. The number of hydrogen-bond donors (Lipinski definition) is 0. The van der Waals surface area contributed by atoms with Gasteiger partial charge in [0.2, 0.25) is 0 Å². The Morgan fingerprint density at radius 1 is 0.586 bits per heavy atom. The second-order valence-electron chi connectivity index (χ2n) is 7.15. The fourth-order valence-corrected chi connectivity index (χ4v) is 3.96. The molecule has 140 valence electrons. The van der Waals surface area contributed by atoms with Crippen LogP contribution in [-0.2, 0) is 0 Å². The highest BCUT2D eigenvalue weighted by Crippen LogP contribution is 2.38. The zero-order valence-electron chi connectivity index (χ0n) is 16.7. The van der Waals surface area contributed by atoms with Crippen LogP contribution >= 0.6 is 0 Å². The number of hydrogen-bond acceptors (Lipinski definition) is 0. The molecule has 4 rings (SSSR count). The molecule has 0 saturated carbocycles. The maximum atomic E-state index is 4.10. The molecular weight excluding hydrogens is 348 g/mol. The topological polar surface area (TPSA) is 0 Å². The summed E-state index contributed by atoms with van der Waals surface area (Å²) in [5.74, 6) is 0. The number of rotatable bonds is 5. The highest BCUT2D eigenvalue weighted by Gasteiger charge is 2.14. The zero-order chi connectivity index (χ0) is 20.2. The summed E-state index contributed by atoms with van der Waals surface area (Å²) in [7, 11) is 0. The van der Waals surface area contributed by atoms with E-state index in [1.165, 1.54) is 38.6 Å². The van der Waals surface area contributed by atoms with Crippen LogP contribution in [0, 0.1) is 6.92 Å². The van der Waals surface area contributed by atoms with E-state index in [9.17, 15) is 0 Å². The van der Waals surface area contributed by atoms with Crippen LogP contribution in [0.3, 0.4) is 0 Å². The van der Waals surface area contributed by atoms with Crippen molar-refractivity contribution in [1.29, 1.82) is 0 Å². The molecule has 0 atom stereocenters. The van der Waals surface area contributed by atoms with E-state index >= 15 is 0 Å². The molecule has 0 amide bonds. The molecule has 4 aromatic rings. The lowest BCUT2D eigenvalue weighted by molar-refractivity contribution is 1.47. The summed E-state index contributed by atoms with van der Waals surface area (Å²) in [5, 5.41) is 2.51. The van der Waals surface area contributed by atoms with Crippen molar-refractivity contribution in [3.8, 4) is 11.1 Å². The van der Waals surface area contributed by atoms with Gasteiger partial charge in [-0.2, -0.15) is 0 Å². The summed E-state index contributed by atoms with van der Waals surface area (Å²) < 4.78 is 0. The highest BCUT2D eigenvalue weighted by molar-refractivity contribution is 6.05. The first kappa shape index (κ1) is 18.7. The molecule has 0 aliphatic rings. The molecule has 0 unspecified atom stereocenters. The molecule has 0 aliphatic carbocycles. The van der Waals surface area contributed by atoms with Crippen molar-refractivity contribution in [2.75, 3.05) is 0 Å². The van der Waals surface area contributed by atoms with Crippen molar-refractivity contribution in [3.05, 3.63) is 120 Å². The normalized spacial score (nSPS) is 11.1. The van der Waals surface area contributed by atoms with Crippen LogP contribution in [0.4, 0.5) is 0 Å². The van der Waals surface area contributed by atoms with Crippen LogP contribution in [0.15, 0.2) is 92.0 Å². The van der Waals surface area contributed by atoms with Gasteiger partial charge in [-0.3, -0.25) is 0 Å². The van der Waals surface area contributed by atoms with Gasteiger partial charge in [0, 0.05) is 0 Å². The van der Waals surface area contributed by atoms with E-state index in [0.717, 1.165) is 11.1 Å². The van der Waals surface area contributed by atoms with Crippen molar-refractivity contribution in [3.63, 3.8) is 0 Å². The Morgan fingerprint density at radius 2 is 1.14 bits per heavy atom. The smallest absolute Gasteiger partial charge is 0.00268 e. The molecule has 0 heterocycles. The van der Waals surface area contributed by atoms with Crippen molar-refractivity contribution in [2.24, 2.45) is 0 Å². The van der Waals surface area contributed by atoms with Gasteiger partial charge < -0.3 is 0 Å². The Labute approximate surface area is 173 Å². The molecule has 29 heavy (non-hydrogen) atoms. The Kier molecular flexibility index (Phi) is 5.27. The number of fused-ring (bicyclic) bond motifs is 1. The Bertz CT molecular complexity index is 1210. The van der Waals surface area contributed by atoms with Crippen LogP contribution in [0.2, 0.25) is 0 Å². The van der Waals surface area contributed by atoms with Gasteiger partial charge in [0.05, 0.1) is 0 Å². The lowest BCUT2D eigenvalue weighted by Crippen LogP contribution is -1.95. The summed E-state index contributed by atoms with van der Waals surface area (Å²) in [6.45, 7) is 10.3. The third-order valence-electron chi connectivity index (χ3n) is 5.44. The minimum atomic E-state index is 1.14. The SMILES string of the molecule is C=Cc1c(C=C)c(-c2ccc(/C=C/c3ccccc3)cc2)c2ccccc2c1C. The van der Waals surface area contributed by atoms with Crippen LogP contribution in [-0.4, -0.2) is 0 Å². The van der Waals surface area contributed by atoms with Gasteiger partial charge in [-0.1, -0.05) is 116 Å². The van der Waals surface area contributed by atoms with Gasteiger partial charge in [-0.05, 0) is 56.6 Å². The summed E-state index contributed by atoms with van der Waals surface area (Å²) in [5.41, 5.74) is 8.33. The summed E-state index contributed by atoms with van der Waals surface area (Å²) in [6.07, 6.45) is 8.19. The Balaban J connectivity index is 1.83. The molecular formula is C29H24. The molecule has 4 aromatic carbocycles. The van der Waals surface area contributed by atoms with Crippen LogP contribution in [0.5, 0.6) is 0 Å². The molecule has 0 nitrogen and oxygen atoms in total. The first-order valence-electron chi connectivity index (χ1n) is 9.86. The van der Waals surface area contributed by atoms with Crippen molar-refractivity contribution in [2.45, 2.75) is 6.92 Å². The van der Waals surface area contributed by atoms with Gasteiger partial charge in [0.1, 0.15) is 0 Å². The molecule has 0 aliphatic heterocycles. The Hall–Kier alpha value is -3.64. The van der Waals surface area contributed by atoms with Gasteiger partial charge in [-0.15, -0.1) is 0 Å². The van der Waals surface area contributed by atoms with Gasteiger partial charge in [-0.25, -0.2) is 0 Å². The second kappa shape index (κ2) is 8.16. The zero-order valence-corrected chi connectivity index (χ0v) is 16.7. The average Bonchev–Trinajstić information content (AvgIpc) is 2.78. The van der Waals surface area contributed by atoms with Crippen LogP contribution < -0.4 is 0 Å². The Morgan fingerprint density at radius 3 is 1.76 bits per heavy atom. The molecule has 0 spiro atoms. The van der Waals surface area contributed by atoms with Crippen molar-refractivity contribution >= 4 is 35.1 Å². The van der Waals surface area contributed by atoms with Gasteiger partial charge >= 0.3 is 0 Å². The predicted molar refractivity (Wildman–Crippen MR) is 130 cm³/mol. The third kappa shape index (κ3) is 3.58. The first-order valence-corrected chi connectivity index (χ1v) is 9.86. The maximum Gasteiger partial charge on any atom is -0.00268 e. The third-order valence-corrected chi connectivity index (χ3v) is 5.44. The van der Waals surface area contributed by atoms with Gasteiger partial charge in [0.15, 0.2) is 0 Å². The van der Waals surface area contributed by atoms with Crippen molar-refractivity contribution in [1.82, 2.24) is 0 Å². The van der Waals surface area contributed by atoms with E-state index in [-0.39, 0.29) is 0 Å². The van der Waals surface area contributed by atoms with E-state index < -0.39 is 0 Å². The van der Waals surface area contributed by atoms with Crippen molar-refractivity contribution < 1.29 is 0 Å². The fourth-order valence-electron chi connectivity index (χ4n) is 3.96. The summed E-state index contributed by atoms with van der Waals surface area (Å²) >= 11 is 0. The fraction of sp³-hybridized carbons (Fsp3) is 0.0345. The molecule has 0 N–H and O–H groups in total. The minimum absolute atomic E-state index is 1.14. The summed E-state index contributed by atoms with van der Waals surface area (Å²) in [4.78, 5) is 0. The lowest BCUT2D eigenvalue weighted by atomic mass is 9.86. The van der Waals surface area contributed by atoms with E-state index in [1.54, 1.807) is 0 Å². The highest BCUT2D eigenvalue weighted by atomic mass is 14.2. The molecule has 0 aromatic heterocycles.